The summed E-state index contributed by atoms with van der Waals surface area (Å²) in [7, 11) is 1.55. The van der Waals surface area contributed by atoms with Gasteiger partial charge in [-0.25, -0.2) is 4.79 Å². The maximum atomic E-state index is 12.1. The molecular weight excluding hydrogens is 248 g/mol. The van der Waals surface area contributed by atoms with E-state index >= 15 is 0 Å². The lowest BCUT2D eigenvalue weighted by Gasteiger charge is -2.21. The zero-order valence-corrected chi connectivity index (χ0v) is 10.7. The van der Waals surface area contributed by atoms with Gasteiger partial charge in [0.2, 0.25) is 5.91 Å². The number of carbonyl (C=O) groups is 2. The molecule has 0 bridgehead atoms. The molecule has 1 aromatic heterocycles. The van der Waals surface area contributed by atoms with Crippen LogP contribution in [-0.4, -0.2) is 46.6 Å². The fraction of sp³-hybridized carbons (Fsp3) is 0.462. The molecule has 2 heterocycles. The Kier molecular flexibility index (Phi) is 3.99. The number of hydrogen-bond donors (Lipinski definition) is 1. The Morgan fingerprint density at radius 3 is 2.89 bits per heavy atom. The van der Waals surface area contributed by atoms with Crippen LogP contribution in [0, 0.1) is 0 Å². The van der Waals surface area contributed by atoms with Gasteiger partial charge in [-0.3, -0.25) is 9.78 Å². The summed E-state index contributed by atoms with van der Waals surface area (Å²) in [6, 6.07) is 2.75. The Morgan fingerprint density at radius 2 is 2.32 bits per heavy atom. The first-order chi connectivity index (χ1) is 9.11. The van der Waals surface area contributed by atoms with Crippen LogP contribution < -0.4 is 4.74 Å². The van der Waals surface area contributed by atoms with E-state index in [1.807, 2.05) is 0 Å². The highest BCUT2D eigenvalue weighted by Crippen LogP contribution is 2.19. The summed E-state index contributed by atoms with van der Waals surface area (Å²) < 4.78 is 4.99. The molecule has 1 amide bonds. The second-order valence-corrected chi connectivity index (χ2v) is 4.45. The normalized spacial score (nSPS) is 18.4. The van der Waals surface area contributed by atoms with Crippen LogP contribution in [0.15, 0.2) is 18.3 Å². The molecule has 0 radical (unpaired) electrons. The molecule has 1 saturated heterocycles. The van der Waals surface area contributed by atoms with Crippen LogP contribution in [-0.2, 0) is 16.0 Å². The number of pyridine rings is 1. The Labute approximate surface area is 111 Å². The van der Waals surface area contributed by atoms with E-state index in [0.29, 0.717) is 24.4 Å². The number of carboxylic acid groups (broad SMARTS) is 1. The number of ether oxygens (including phenoxy) is 1. The number of hydrogen-bond acceptors (Lipinski definition) is 4. The second kappa shape index (κ2) is 5.69. The van der Waals surface area contributed by atoms with Crippen molar-refractivity contribution in [1.29, 1.82) is 0 Å². The number of rotatable bonds is 4. The van der Waals surface area contributed by atoms with Crippen LogP contribution in [0.4, 0.5) is 0 Å². The zero-order valence-electron chi connectivity index (χ0n) is 10.7. The van der Waals surface area contributed by atoms with Gasteiger partial charge in [0.15, 0.2) is 0 Å². The lowest BCUT2D eigenvalue weighted by Crippen LogP contribution is -2.41. The molecule has 1 N–H and O–H groups in total. The van der Waals surface area contributed by atoms with Crippen LogP contribution in [0.2, 0.25) is 0 Å². The molecule has 6 heteroatoms. The number of nitrogens with zero attached hydrogens (tertiary/aromatic N) is 2. The van der Waals surface area contributed by atoms with Crippen LogP contribution in [0.25, 0.3) is 0 Å². The molecule has 19 heavy (non-hydrogen) atoms. The maximum absolute atomic E-state index is 12.1. The van der Waals surface area contributed by atoms with Gasteiger partial charge in [-0.2, -0.15) is 0 Å². The predicted molar refractivity (Wildman–Crippen MR) is 66.9 cm³/mol. The van der Waals surface area contributed by atoms with Crippen molar-refractivity contribution in [3.05, 3.63) is 24.0 Å². The van der Waals surface area contributed by atoms with Crippen molar-refractivity contribution in [1.82, 2.24) is 9.88 Å². The van der Waals surface area contributed by atoms with E-state index in [2.05, 4.69) is 4.98 Å². The first kappa shape index (κ1) is 13.3. The second-order valence-electron chi connectivity index (χ2n) is 4.45. The van der Waals surface area contributed by atoms with Crippen LogP contribution in [0.5, 0.6) is 5.75 Å². The zero-order chi connectivity index (χ0) is 13.8. The first-order valence-corrected chi connectivity index (χ1v) is 6.13. The van der Waals surface area contributed by atoms with Crippen molar-refractivity contribution >= 4 is 11.9 Å². The molecule has 1 aromatic rings. The van der Waals surface area contributed by atoms with E-state index in [0.717, 1.165) is 6.42 Å². The van der Waals surface area contributed by atoms with Crippen molar-refractivity contribution in [3.63, 3.8) is 0 Å². The summed E-state index contributed by atoms with van der Waals surface area (Å²) in [5, 5.41) is 9.04. The third kappa shape index (κ3) is 3.01. The highest BCUT2D eigenvalue weighted by molar-refractivity contribution is 5.85. The largest absolute Gasteiger partial charge is 0.495 e. The average molecular weight is 264 g/mol. The van der Waals surface area contributed by atoms with E-state index in [1.54, 1.807) is 25.4 Å². The number of methoxy groups -OCH3 is 1. The molecule has 0 saturated carbocycles. The van der Waals surface area contributed by atoms with E-state index in [1.165, 1.54) is 4.90 Å². The number of likely N-dealkylation sites (tertiary alicyclic amines) is 1. The predicted octanol–water partition coefficient (Wildman–Crippen LogP) is 0.708. The van der Waals surface area contributed by atoms with Crippen molar-refractivity contribution in [2.24, 2.45) is 0 Å². The van der Waals surface area contributed by atoms with Crippen molar-refractivity contribution in [2.45, 2.75) is 25.3 Å². The Balaban J connectivity index is 2.01. The molecule has 0 aliphatic carbocycles. The molecule has 102 valence electrons. The van der Waals surface area contributed by atoms with Gasteiger partial charge in [-0.1, -0.05) is 0 Å². The molecule has 1 aliphatic rings. The molecule has 1 unspecified atom stereocenters. The van der Waals surface area contributed by atoms with E-state index in [-0.39, 0.29) is 12.3 Å². The van der Waals surface area contributed by atoms with Crippen LogP contribution in [0.1, 0.15) is 18.5 Å². The summed E-state index contributed by atoms with van der Waals surface area (Å²) in [5.74, 6) is -0.503. The smallest absolute Gasteiger partial charge is 0.326 e. The molecule has 1 atom stereocenters. The minimum Gasteiger partial charge on any atom is -0.495 e. The van der Waals surface area contributed by atoms with Crippen LogP contribution in [0.3, 0.4) is 0 Å². The Bertz CT molecular complexity index is 472. The molecule has 2 rings (SSSR count). The minimum atomic E-state index is -0.937. The summed E-state index contributed by atoms with van der Waals surface area (Å²) in [4.78, 5) is 28.6. The van der Waals surface area contributed by atoms with E-state index in [9.17, 15) is 9.59 Å². The van der Waals surface area contributed by atoms with Gasteiger partial charge in [-0.05, 0) is 25.0 Å². The SMILES string of the molecule is COc1ccc(CC(=O)N2CCCC2C(=O)O)nc1. The monoisotopic (exact) mass is 264 g/mol. The van der Waals surface area contributed by atoms with E-state index in [4.69, 9.17) is 9.84 Å². The quantitative estimate of drug-likeness (QED) is 0.866. The molecule has 0 spiro atoms. The number of carbonyl (C=O) groups excluding carboxylic acids is 1. The Morgan fingerprint density at radius 1 is 1.53 bits per heavy atom. The maximum Gasteiger partial charge on any atom is 0.326 e. The molecule has 6 nitrogen and oxygen atoms in total. The van der Waals surface area contributed by atoms with Crippen LogP contribution >= 0.6 is 0 Å². The standard InChI is InChI=1S/C13H16N2O4/c1-19-10-5-4-9(14-8-10)7-12(16)15-6-2-3-11(15)13(17)18/h4-5,8,11H,2-3,6-7H2,1H3,(H,17,18). The fourth-order valence-electron chi connectivity index (χ4n) is 2.21. The summed E-state index contributed by atoms with van der Waals surface area (Å²) >= 11 is 0. The lowest BCUT2D eigenvalue weighted by molar-refractivity contribution is -0.148. The fourth-order valence-corrected chi connectivity index (χ4v) is 2.21. The molecular formula is C13H16N2O4. The van der Waals surface area contributed by atoms with E-state index < -0.39 is 12.0 Å². The number of carboxylic acids is 1. The average Bonchev–Trinajstić information content (AvgIpc) is 2.89. The Hall–Kier alpha value is -2.11. The van der Waals surface area contributed by atoms with Crippen molar-refractivity contribution in [2.75, 3.05) is 13.7 Å². The highest BCUT2D eigenvalue weighted by Gasteiger charge is 2.33. The minimum absolute atomic E-state index is 0.119. The highest BCUT2D eigenvalue weighted by atomic mass is 16.5. The third-order valence-electron chi connectivity index (χ3n) is 3.22. The number of amides is 1. The van der Waals surface area contributed by atoms with Gasteiger partial charge in [0.05, 0.1) is 19.7 Å². The summed E-state index contributed by atoms with van der Waals surface area (Å²) in [6.45, 7) is 0.506. The van der Waals surface area contributed by atoms with Gasteiger partial charge in [0, 0.05) is 12.2 Å². The van der Waals surface area contributed by atoms with Gasteiger partial charge < -0.3 is 14.7 Å². The van der Waals surface area contributed by atoms with Crippen molar-refractivity contribution < 1.29 is 19.4 Å². The lowest BCUT2D eigenvalue weighted by atomic mass is 10.2. The van der Waals surface area contributed by atoms with Gasteiger partial charge >= 0.3 is 5.97 Å². The third-order valence-corrected chi connectivity index (χ3v) is 3.22. The summed E-state index contributed by atoms with van der Waals surface area (Å²) in [6.07, 6.45) is 2.92. The van der Waals surface area contributed by atoms with Gasteiger partial charge in [-0.15, -0.1) is 0 Å². The topological polar surface area (TPSA) is 79.7 Å². The molecule has 0 aromatic carbocycles. The first-order valence-electron chi connectivity index (χ1n) is 6.13. The van der Waals surface area contributed by atoms with Gasteiger partial charge in [0.25, 0.3) is 0 Å². The molecule has 1 fully saturated rings. The molecule has 1 aliphatic heterocycles. The van der Waals surface area contributed by atoms with Crippen molar-refractivity contribution in [3.8, 4) is 5.75 Å². The number of aliphatic carboxylic acids is 1. The summed E-state index contributed by atoms with van der Waals surface area (Å²) in [5.41, 5.74) is 0.613. The number of aromatic nitrogens is 1. The van der Waals surface area contributed by atoms with Gasteiger partial charge in [0.1, 0.15) is 11.8 Å².